The van der Waals surface area contributed by atoms with Crippen molar-refractivity contribution in [2.24, 2.45) is 10.2 Å². The molecular formula is C16H13N3O2. The van der Waals surface area contributed by atoms with Gasteiger partial charge in [-0.2, -0.15) is 5.10 Å². The monoisotopic (exact) mass is 279 g/mol. The maximum atomic E-state index is 11.8. The molecule has 1 aliphatic rings. The van der Waals surface area contributed by atoms with Gasteiger partial charge in [-0.05, 0) is 35.9 Å². The second kappa shape index (κ2) is 5.58. The van der Waals surface area contributed by atoms with Crippen molar-refractivity contribution in [2.45, 2.75) is 0 Å². The summed E-state index contributed by atoms with van der Waals surface area (Å²) in [6.07, 6.45) is 1.60. The molecule has 0 aliphatic carbocycles. The lowest BCUT2D eigenvalue weighted by atomic mass is 10.1. The number of para-hydroxylation sites is 1. The van der Waals surface area contributed by atoms with E-state index in [1.165, 1.54) is 0 Å². The Bertz CT molecular complexity index is 733. The summed E-state index contributed by atoms with van der Waals surface area (Å²) >= 11 is 0. The maximum absolute atomic E-state index is 11.8. The molecule has 1 aliphatic heterocycles. The van der Waals surface area contributed by atoms with Crippen LogP contribution in [-0.2, 0) is 4.79 Å². The molecular weight excluding hydrogens is 266 g/mol. The highest BCUT2D eigenvalue weighted by Crippen LogP contribution is 2.22. The Morgan fingerprint density at radius 2 is 1.86 bits per heavy atom. The summed E-state index contributed by atoms with van der Waals surface area (Å²) in [7, 11) is 1.62. The van der Waals surface area contributed by atoms with Gasteiger partial charge in [-0.1, -0.05) is 18.2 Å². The SMILES string of the molecule is COc1ccc(C=NN=C2C(=O)Nc3ccccc32)cc1. The van der Waals surface area contributed by atoms with Gasteiger partial charge in [0.2, 0.25) is 0 Å². The summed E-state index contributed by atoms with van der Waals surface area (Å²) in [6.45, 7) is 0. The van der Waals surface area contributed by atoms with Gasteiger partial charge in [0, 0.05) is 5.56 Å². The van der Waals surface area contributed by atoms with Crippen molar-refractivity contribution in [3.05, 3.63) is 59.7 Å². The van der Waals surface area contributed by atoms with Gasteiger partial charge >= 0.3 is 0 Å². The molecule has 0 radical (unpaired) electrons. The highest BCUT2D eigenvalue weighted by atomic mass is 16.5. The van der Waals surface area contributed by atoms with Gasteiger partial charge in [-0.25, -0.2) is 0 Å². The number of rotatable bonds is 3. The number of carbonyl (C=O) groups is 1. The van der Waals surface area contributed by atoms with Gasteiger partial charge in [-0.3, -0.25) is 4.79 Å². The topological polar surface area (TPSA) is 63.1 Å². The van der Waals surface area contributed by atoms with Crippen molar-refractivity contribution >= 4 is 23.5 Å². The van der Waals surface area contributed by atoms with Gasteiger partial charge in [0.15, 0.2) is 5.71 Å². The largest absolute Gasteiger partial charge is 0.497 e. The Labute approximate surface area is 122 Å². The van der Waals surface area contributed by atoms with E-state index in [4.69, 9.17) is 4.74 Å². The summed E-state index contributed by atoms with van der Waals surface area (Å²) in [4.78, 5) is 11.8. The van der Waals surface area contributed by atoms with Crippen molar-refractivity contribution < 1.29 is 9.53 Å². The summed E-state index contributed by atoms with van der Waals surface area (Å²) in [5.41, 5.74) is 2.75. The molecule has 2 aromatic carbocycles. The van der Waals surface area contributed by atoms with Gasteiger partial charge in [-0.15, -0.1) is 5.10 Å². The lowest BCUT2D eigenvalue weighted by Gasteiger charge is -1.98. The van der Waals surface area contributed by atoms with Crippen LogP contribution in [0, 0.1) is 0 Å². The van der Waals surface area contributed by atoms with E-state index in [2.05, 4.69) is 15.5 Å². The fourth-order valence-corrected chi connectivity index (χ4v) is 2.04. The fourth-order valence-electron chi connectivity index (χ4n) is 2.04. The van der Waals surface area contributed by atoms with Crippen LogP contribution in [0.25, 0.3) is 0 Å². The van der Waals surface area contributed by atoms with Crippen LogP contribution in [0.4, 0.5) is 5.69 Å². The van der Waals surface area contributed by atoms with E-state index in [0.29, 0.717) is 5.71 Å². The van der Waals surface area contributed by atoms with E-state index in [1.807, 2.05) is 48.5 Å². The predicted molar refractivity (Wildman–Crippen MR) is 82.2 cm³/mol. The second-order valence-corrected chi connectivity index (χ2v) is 4.47. The van der Waals surface area contributed by atoms with Crippen molar-refractivity contribution in [1.29, 1.82) is 0 Å². The molecule has 0 aromatic heterocycles. The zero-order valence-electron chi connectivity index (χ0n) is 11.4. The predicted octanol–water partition coefficient (Wildman–Crippen LogP) is 2.47. The molecule has 5 heteroatoms. The molecule has 0 bridgehead atoms. The van der Waals surface area contributed by atoms with E-state index >= 15 is 0 Å². The third kappa shape index (κ3) is 2.67. The minimum atomic E-state index is -0.233. The number of nitrogens with zero attached hydrogens (tertiary/aromatic N) is 2. The average molecular weight is 279 g/mol. The number of hydrogen-bond acceptors (Lipinski definition) is 4. The standard InChI is InChI=1S/C16H13N3O2/c1-21-12-8-6-11(7-9-12)10-17-19-15-13-4-2-3-5-14(13)18-16(15)20/h2-10H,1H3,(H,18,19,20). The molecule has 1 N–H and O–H groups in total. The fraction of sp³-hybridized carbons (Fsp3) is 0.0625. The summed E-state index contributed by atoms with van der Waals surface area (Å²) in [5, 5.41) is 10.8. The van der Waals surface area contributed by atoms with Gasteiger partial charge in [0.1, 0.15) is 5.75 Å². The Hall–Kier alpha value is -2.95. The number of ether oxygens (including phenoxy) is 1. The minimum Gasteiger partial charge on any atom is -0.497 e. The number of nitrogens with one attached hydrogen (secondary N) is 1. The smallest absolute Gasteiger partial charge is 0.276 e. The van der Waals surface area contributed by atoms with Crippen LogP contribution >= 0.6 is 0 Å². The molecule has 0 saturated heterocycles. The number of methoxy groups -OCH3 is 1. The Balaban J connectivity index is 1.82. The Morgan fingerprint density at radius 3 is 2.62 bits per heavy atom. The van der Waals surface area contributed by atoms with Crippen LogP contribution in [0.2, 0.25) is 0 Å². The molecule has 0 fully saturated rings. The molecule has 0 spiro atoms. The van der Waals surface area contributed by atoms with Crippen molar-refractivity contribution in [2.75, 3.05) is 12.4 Å². The normalized spacial score (nSPS) is 15.3. The quantitative estimate of drug-likeness (QED) is 0.693. The summed E-state index contributed by atoms with van der Waals surface area (Å²) < 4.78 is 5.08. The van der Waals surface area contributed by atoms with Crippen LogP contribution in [0.3, 0.4) is 0 Å². The second-order valence-electron chi connectivity index (χ2n) is 4.47. The molecule has 0 atom stereocenters. The van der Waals surface area contributed by atoms with E-state index in [1.54, 1.807) is 13.3 Å². The van der Waals surface area contributed by atoms with Crippen molar-refractivity contribution in [3.63, 3.8) is 0 Å². The number of anilines is 1. The number of amides is 1. The minimum absolute atomic E-state index is 0.233. The summed E-state index contributed by atoms with van der Waals surface area (Å²) in [5.74, 6) is 0.547. The van der Waals surface area contributed by atoms with Crippen LogP contribution in [-0.4, -0.2) is 24.9 Å². The number of carbonyl (C=O) groups excluding carboxylic acids is 1. The lowest BCUT2D eigenvalue weighted by Crippen LogP contribution is -2.13. The van der Waals surface area contributed by atoms with Crippen LogP contribution in [0.15, 0.2) is 58.7 Å². The van der Waals surface area contributed by atoms with Crippen LogP contribution in [0.1, 0.15) is 11.1 Å². The van der Waals surface area contributed by atoms with Gasteiger partial charge in [0.25, 0.3) is 5.91 Å². The van der Waals surface area contributed by atoms with Gasteiger partial charge in [0.05, 0.1) is 19.0 Å². The van der Waals surface area contributed by atoms with E-state index < -0.39 is 0 Å². The number of fused-ring (bicyclic) bond motifs is 1. The van der Waals surface area contributed by atoms with Crippen LogP contribution in [0.5, 0.6) is 5.75 Å². The zero-order chi connectivity index (χ0) is 14.7. The first-order chi connectivity index (χ1) is 10.3. The van der Waals surface area contributed by atoms with E-state index in [0.717, 1.165) is 22.6 Å². The summed E-state index contributed by atoms with van der Waals surface area (Å²) in [6, 6.07) is 14.8. The molecule has 104 valence electrons. The maximum Gasteiger partial charge on any atom is 0.276 e. The molecule has 5 nitrogen and oxygen atoms in total. The van der Waals surface area contributed by atoms with Crippen molar-refractivity contribution in [3.8, 4) is 5.75 Å². The molecule has 2 aromatic rings. The first kappa shape index (κ1) is 13.1. The molecule has 3 rings (SSSR count). The first-order valence-corrected chi connectivity index (χ1v) is 6.44. The third-order valence-electron chi connectivity index (χ3n) is 3.13. The first-order valence-electron chi connectivity index (χ1n) is 6.44. The average Bonchev–Trinajstić information content (AvgIpc) is 2.84. The lowest BCUT2D eigenvalue weighted by molar-refractivity contribution is -0.110. The highest BCUT2D eigenvalue weighted by molar-refractivity contribution is 6.53. The molecule has 1 amide bonds. The van der Waals surface area contributed by atoms with Crippen LogP contribution < -0.4 is 10.1 Å². The number of hydrogen-bond donors (Lipinski definition) is 1. The highest BCUT2D eigenvalue weighted by Gasteiger charge is 2.25. The molecule has 0 saturated carbocycles. The van der Waals surface area contributed by atoms with E-state index in [-0.39, 0.29) is 5.91 Å². The molecule has 0 unspecified atom stereocenters. The van der Waals surface area contributed by atoms with Gasteiger partial charge < -0.3 is 10.1 Å². The third-order valence-corrected chi connectivity index (χ3v) is 3.13. The zero-order valence-corrected chi connectivity index (χ0v) is 11.4. The van der Waals surface area contributed by atoms with E-state index in [9.17, 15) is 4.79 Å². The van der Waals surface area contributed by atoms with Crippen molar-refractivity contribution in [1.82, 2.24) is 0 Å². The number of benzene rings is 2. The molecule has 21 heavy (non-hydrogen) atoms. The Morgan fingerprint density at radius 1 is 1.10 bits per heavy atom. The molecule has 1 heterocycles. The Kier molecular flexibility index (Phi) is 3.47.